The highest BCUT2D eigenvalue weighted by Crippen LogP contribution is 2.28. The number of rotatable bonds is 45. The van der Waals surface area contributed by atoms with Crippen LogP contribution in [0.2, 0.25) is 0 Å². The number of carbonyl (C=O) groups is 15. The van der Waals surface area contributed by atoms with Gasteiger partial charge in [0.15, 0.2) is 23.2 Å². The average Bonchev–Trinajstić information content (AvgIpc) is 1.54. The zero-order chi connectivity index (χ0) is 94.1. The van der Waals surface area contributed by atoms with Crippen molar-refractivity contribution in [2.24, 2.45) is 17.6 Å². The van der Waals surface area contributed by atoms with Gasteiger partial charge in [0.25, 0.3) is 5.91 Å². The number of amides is 12. The number of aromatic amines is 1. The molecule has 0 spiro atoms. The van der Waals surface area contributed by atoms with E-state index in [-0.39, 0.29) is 80.3 Å². The summed E-state index contributed by atoms with van der Waals surface area (Å²) in [5.74, 6) is -20.5. The number of thioether (sulfide) groups is 1. The fourth-order valence-corrected chi connectivity index (χ4v) is 16.4. The molecule has 3 heterocycles. The summed E-state index contributed by atoms with van der Waals surface area (Å²) in [5, 5.41) is 60.2. The average molecular weight is 1800 g/mol. The number of Topliss-reactive ketones (excluding diaryl/α,β-unsaturated/α-hetero) is 1. The number of carbonyl (C=O) groups excluding carboxylic acids is 13. The second kappa shape index (κ2) is 47.3. The molecule has 2 aliphatic heterocycles. The standard InChI is InChI=1S/C91H115F3N14O19S/c1-11-12-28-72(90(126)108-47-60(111)43-74(108)86(122)102-69(45-78(115)116)84(120)103-80(51(4)5)91(127)105(9)73(53(7)109)40-54-22-15-13-16-23-54)104(8)89(125)75(41-55-24-17-14-18-25-55)106(10)88(124)70(39-57-36-62(92)79(94)63(93)37-57)98-76(112)49-128-48-52(6)97-81(117)66(35-50(2)3)99-82(118)67(38-56-30-32-59(110)33-31-56)100-83(119)68(42-58-46-96-65-27-20-19-26-61(58)65)101-85(121)71-29-21-34-107(71)87(123)64(95)44-77(113)114/h13-20,22-27,30-33,36-38,46,50-52,60,64,66,68-75,80,96,110-111H,11-12,21,28-29,34-35,39-45,47-49,95H2,1-10H3,(H,97,117)(H,98,112)(H,99,118)(H,100,119)(H,101,121)(H,102,122)(H,103,120)(H,113,114)(H,115,116)/b67-38+/t52-,60-,64+,66+,68+,69+,70+,71-,72+,73+,74-,75+,80+/m1/s1. The first-order valence-corrected chi connectivity index (χ1v) is 43.6. The molecule has 2 aliphatic rings. The molecule has 0 radical (unpaired) electrons. The van der Waals surface area contributed by atoms with Crippen LogP contribution in [0.25, 0.3) is 17.0 Å². The molecule has 8 rings (SSSR count). The molecule has 14 N–H and O–H groups in total. The van der Waals surface area contributed by atoms with E-state index in [1.54, 1.807) is 133 Å². The van der Waals surface area contributed by atoms with Gasteiger partial charge in [0.05, 0.1) is 36.8 Å². The van der Waals surface area contributed by atoms with Gasteiger partial charge in [-0.2, -0.15) is 0 Å². The number of likely N-dealkylation sites (tertiary alicyclic amines) is 2. The van der Waals surface area contributed by atoms with E-state index < -0.39 is 228 Å². The number of ketones is 1. The second-order valence-corrected chi connectivity index (χ2v) is 34.3. The Hall–Kier alpha value is -12.5. The van der Waals surface area contributed by atoms with Crippen molar-refractivity contribution in [2.45, 2.75) is 211 Å². The molecule has 2 saturated heterocycles. The maximum absolute atomic E-state index is 15.6. The molecule has 6 aromatic rings. The molecule has 0 aliphatic carbocycles. The minimum atomic E-state index is -1.88. The summed E-state index contributed by atoms with van der Waals surface area (Å²) < 4.78 is 44.8. The number of phenolic OH excluding ortho intramolecular Hbond substituents is 1. The van der Waals surface area contributed by atoms with Crippen LogP contribution in [0, 0.1) is 29.3 Å². The molecule has 1 aromatic heterocycles. The third-order valence-electron chi connectivity index (χ3n) is 22.4. The summed E-state index contributed by atoms with van der Waals surface area (Å²) >= 11 is 0.953. The number of nitrogens with one attached hydrogen (secondary N) is 8. The predicted octanol–water partition coefficient (Wildman–Crippen LogP) is 4.57. The molecule has 33 nitrogen and oxygen atoms in total. The molecular formula is C91H115F3N14O19S. The van der Waals surface area contributed by atoms with E-state index in [4.69, 9.17) is 5.73 Å². The summed E-state index contributed by atoms with van der Waals surface area (Å²) in [7, 11) is 3.89. The number of likely N-dealkylation sites (N-methyl/N-ethyl adjacent to an activating group) is 3. The van der Waals surface area contributed by atoms with Crippen LogP contribution in [0.4, 0.5) is 13.2 Å². The lowest BCUT2D eigenvalue weighted by Crippen LogP contribution is -2.61. The number of hydrogen-bond donors (Lipinski definition) is 13. The maximum atomic E-state index is 15.6. The number of carboxylic acid groups (broad SMARTS) is 2. The Morgan fingerprint density at radius 2 is 1.19 bits per heavy atom. The van der Waals surface area contributed by atoms with Crippen molar-refractivity contribution in [3.63, 3.8) is 0 Å². The molecule has 0 saturated carbocycles. The highest BCUT2D eigenvalue weighted by atomic mass is 32.2. The number of aliphatic hydroxyl groups excluding tert-OH is 1. The van der Waals surface area contributed by atoms with Crippen LogP contribution in [0.15, 0.2) is 133 Å². The summed E-state index contributed by atoms with van der Waals surface area (Å²) in [6.07, 6.45) is -0.418. The number of carboxylic acids is 2. The number of H-pyrrole nitrogens is 1. The van der Waals surface area contributed by atoms with Crippen molar-refractivity contribution in [3.05, 3.63) is 178 Å². The number of aliphatic hydroxyl groups is 1. The van der Waals surface area contributed by atoms with Crippen LogP contribution >= 0.6 is 11.8 Å². The third kappa shape index (κ3) is 28.2. The minimum absolute atomic E-state index is 0.0198. The highest BCUT2D eigenvalue weighted by molar-refractivity contribution is 8.00. The largest absolute Gasteiger partial charge is 0.508 e. The van der Waals surface area contributed by atoms with Crippen molar-refractivity contribution in [1.29, 1.82) is 0 Å². The van der Waals surface area contributed by atoms with E-state index in [0.29, 0.717) is 52.6 Å². The molecule has 12 amide bonds. The summed E-state index contributed by atoms with van der Waals surface area (Å²) in [5.41, 5.74) is 8.02. The lowest BCUT2D eigenvalue weighted by atomic mass is 9.98. The van der Waals surface area contributed by atoms with E-state index in [2.05, 4.69) is 42.2 Å². The maximum Gasteiger partial charge on any atom is 0.305 e. The van der Waals surface area contributed by atoms with Gasteiger partial charge in [0, 0.05) is 88.8 Å². The molecule has 0 bridgehead atoms. The molecule has 13 atom stereocenters. The Morgan fingerprint density at radius 3 is 1.79 bits per heavy atom. The Morgan fingerprint density at radius 1 is 0.609 bits per heavy atom. The number of phenols is 1. The SMILES string of the molecule is CCCC[C@@H](C(=O)N1C[C@H](O)C[C@@H]1C(=O)N[C@@H](CC(=O)O)C(=O)N[C@H](C(=O)N(C)[C@@H](Cc1ccccc1)C(C)=O)C(C)C)N(C)C(=O)[C@H](Cc1ccccc1)N(C)C(=O)[C@H](Cc1cc(F)c(F)c(F)c1)NC(=O)CSC[C@@H](C)NC(=O)[C@H](CC(C)C)NC(=O)/C(=C\c1ccc(O)cc1)NC(=O)[C@H](Cc1c[nH]c2ccccc12)NC(=O)[C@H]1CCCN1C(=O)[C@@H](N)CC(=O)O. The van der Waals surface area contributed by atoms with Crippen LogP contribution < -0.4 is 43.0 Å². The van der Waals surface area contributed by atoms with Crippen molar-refractivity contribution >= 4 is 117 Å². The molecule has 128 heavy (non-hydrogen) atoms. The third-order valence-corrected chi connectivity index (χ3v) is 23.6. The number of halogens is 3. The molecule has 5 aromatic carbocycles. The number of fused-ring (bicyclic) bond motifs is 1. The van der Waals surface area contributed by atoms with Crippen LogP contribution in [0.5, 0.6) is 5.75 Å². The lowest BCUT2D eigenvalue weighted by molar-refractivity contribution is -0.152. The minimum Gasteiger partial charge on any atom is -0.508 e. The molecule has 690 valence electrons. The number of nitrogens with two attached hydrogens (primary N) is 1. The van der Waals surface area contributed by atoms with Gasteiger partial charge in [-0.1, -0.05) is 138 Å². The zero-order valence-corrected chi connectivity index (χ0v) is 74.0. The second-order valence-electron chi connectivity index (χ2n) is 33.2. The number of aromatic nitrogens is 1. The smallest absolute Gasteiger partial charge is 0.305 e. The van der Waals surface area contributed by atoms with Gasteiger partial charge in [-0.3, -0.25) is 71.9 Å². The Balaban J connectivity index is 0.980. The van der Waals surface area contributed by atoms with Crippen LogP contribution in [0.1, 0.15) is 134 Å². The molecule has 37 heteroatoms. The van der Waals surface area contributed by atoms with Crippen LogP contribution in [0.3, 0.4) is 0 Å². The van der Waals surface area contributed by atoms with E-state index in [9.17, 15) is 82.4 Å². The Kier molecular flexibility index (Phi) is 37.3. The normalized spacial score (nSPS) is 16.8. The number of para-hydroxylation sites is 1. The number of aromatic hydroxyl groups is 1. The first-order chi connectivity index (χ1) is 60.6. The quantitative estimate of drug-likeness (QED) is 0.0184. The molecular weight excluding hydrogens is 1680 g/mol. The van der Waals surface area contributed by atoms with E-state index >= 15 is 23.2 Å². The van der Waals surface area contributed by atoms with Gasteiger partial charge in [-0.15, -0.1) is 11.8 Å². The Labute approximate surface area is 744 Å². The van der Waals surface area contributed by atoms with Crippen LogP contribution in [-0.2, 0) is 97.6 Å². The number of nitrogens with zero attached hydrogens (tertiary/aromatic N) is 5. The number of hydrogen-bond acceptors (Lipinski definition) is 19. The number of β-amino-alcohol motifs (C(OH)–C–C–N with tert-alkyl or cyclic N) is 1. The molecule has 0 unspecified atom stereocenters. The highest BCUT2D eigenvalue weighted by Gasteiger charge is 2.47. The Bertz CT molecular complexity index is 4980. The summed E-state index contributed by atoms with van der Waals surface area (Å²) in [6.45, 7) is 11.1. The topological polar surface area (TPSA) is 479 Å². The number of unbranched alkanes of at least 4 members (excludes halogenated alkanes) is 1. The first kappa shape index (κ1) is 101. The first-order valence-electron chi connectivity index (χ1n) is 42.4. The number of aliphatic carboxylic acids is 2. The van der Waals surface area contributed by atoms with Gasteiger partial charge in [-0.05, 0) is 122 Å². The van der Waals surface area contributed by atoms with Crippen molar-refractivity contribution in [2.75, 3.05) is 45.7 Å². The summed E-state index contributed by atoms with van der Waals surface area (Å²) in [6, 6.07) is 14.3. The van der Waals surface area contributed by atoms with E-state index in [1.807, 2.05) is 0 Å². The van der Waals surface area contributed by atoms with Gasteiger partial charge >= 0.3 is 11.9 Å². The van der Waals surface area contributed by atoms with Gasteiger partial charge in [0.2, 0.25) is 65.0 Å². The fraction of sp³-hybridized carbons (Fsp3) is 0.462. The van der Waals surface area contributed by atoms with Gasteiger partial charge in [-0.25, -0.2) is 13.2 Å². The van der Waals surface area contributed by atoms with Gasteiger partial charge < -0.3 is 92.9 Å². The number of benzene rings is 5. The zero-order valence-electron chi connectivity index (χ0n) is 73.2. The summed E-state index contributed by atoms with van der Waals surface area (Å²) in [4.78, 5) is 221. The van der Waals surface area contributed by atoms with E-state index in [0.717, 1.165) is 32.0 Å². The van der Waals surface area contributed by atoms with Crippen molar-refractivity contribution in [1.82, 2.24) is 66.7 Å². The van der Waals surface area contributed by atoms with Crippen molar-refractivity contribution in [3.8, 4) is 5.75 Å². The predicted molar refractivity (Wildman–Crippen MR) is 469 cm³/mol. The fourth-order valence-electron chi connectivity index (χ4n) is 15.5. The van der Waals surface area contributed by atoms with Crippen molar-refractivity contribution < 1.29 is 106 Å². The molecule has 2 fully saturated rings. The van der Waals surface area contributed by atoms with Gasteiger partial charge in [0.1, 0.15) is 65.8 Å². The van der Waals surface area contributed by atoms with Crippen LogP contribution in [-0.4, -0.2) is 263 Å². The monoisotopic (exact) mass is 1800 g/mol. The van der Waals surface area contributed by atoms with E-state index in [1.165, 1.54) is 68.2 Å². The lowest BCUT2D eigenvalue weighted by Gasteiger charge is -2.38.